The number of methoxy groups -OCH3 is 2. The van der Waals surface area contributed by atoms with Gasteiger partial charge in [-0.15, -0.1) is 24.0 Å². The number of rotatable bonds is 6. The van der Waals surface area contributed by atoms with Gasteiger partial charge in [-0.2, -0.15) is 0 Å². The molecule has 7 nitrogen and oxygen atoms in total. The normalized spacial score (nSPS) is 20.7. The van der Waals surface area contributed by atoms with Crippen LogP contribution in [0.2, 0.25) is 0 Å². The molecule has 0 aromatic heterocycles. The summed E-state index contributed by atoms with van der Waals surface area (Å²) < 4.78 is 9.44. The molecular formula is C15H28IN3O4. The molecule has 0 bridgehead atoms. The van der Waals surface area contributed by atoms with Gasteiger partial charge in [0.25, 0.3) is 0 Å². The first-order chi connectivity index (χ1) is 10.5. The molecule has 134 valence electrons. The predicted octanol–water partition coefficient (Wildman–Crippen LogP) is 1.26. The van der Waals surface area contributed by atoms with Crippen LogP contribution in [0, 0.1) is 11.8 Å². The molecule has 1 aliphatic rings. The fraction of sp³-hybridized carbons (Fsp3) is 0.800. The number of guanidine groups is 1. The second-order valence-corrected chi connectivity index (χ2v) is 5.52. The molecule has 1 saturated heterocycles. The molecule has 0 radical (unpaired) electrons. The van der Waals surface area contributed by atoms with Crippen LogP contribution in [-0.2, 0) is 19.1 Å². The lowest BCUT2D eigenvalue weighted by atomic mass is 9.99. The number of nitrogens with one attached hydrogen (secondary N) is 1. The lowest BCUT2D eigenvalue weighted by Gasteiger charge is -2.21. The Balaban J connectivity index is 0.00000484. The summed E-state index contributed by atoms with van der Waals surface area (Å²) in [6, 6.07) is 0. The zero-order valence-electron chi connectivity index (χ0n) is 14.3. The molecule has 1 rings (SSSR count). The Morgan fingerprint density at radius 3 is 2.48 bits per heavy atom. The smallest absolute Gasteiger partial charge is 0.310 e. The van der Waals surface area contributed by atoms with Crippen LogP contribution in [0.5, 0.6) is 0 Å². The minimum absolute atomic E-state index is 0. The highest BCUT2D eigenvalue weighted by Crippen LogP contribution is 2.23. The van der Waals surface area contributed by atoms with Crippen LogP contribution >= 0.6 is 24.0 Å². The van der Waals surface area contributed by atoms with Gasteiger partial charge in [0.2, 0.25) is 0 Å². The van der Waals surface area contributed by atoms with Crippen molar-refractivity contribution in [3.8, 4) is 0 Å². The predicted molar refractivity (Wildman–Crippen MR) is 98.9 cm³/mol. The number of carbonyl (C=O) groups excluding carboxylic acids is 2. The number of esters is 2. The summed E-state index contributed by atoms with van der Waals surface area (Å²) in [5, 5.41) is 3.27. The van der Waals surface area contributed by atoms with Crippen molar-refractivity contribution < 1.29 is 19.1 Å². The van der Waals surface area contributed by atoms with E-state index < -0.39 is 0 Å². The molecular weight excluding hydrogens is 413 g/mol. The van der Waals surface area contributed by atoms with Crippen molar-refractivity contribution in [2.75, 3.05) is 40.9 Å². The minimum Gasteiger partial charge on any atom is -0.469 e. The van der Waals surface area contributed by atoms with Crippen molar-refractivity contribution in [1.82, 2.24) is 10.2 Å². The summed E-state index contributed by atoms with van der Waals surface area (Å²) >= 11 is 0. The average Bonchev–Trinajstić information content (AvgIpc) is 2.91. The second-order valence-electron chi connectivity index (χ2n) is 5.52. The Morgan fingerprint density at radius 1 is 1.22 bits per heavy atom. The van der Waals surface area contributed by atoms with Crippen LogP contribution in [0.3, 0.4) is 0 Å². The van der Waals surface area contributed by atoms with Gasteiger partial charge >= 0.3 is 11.9 Å². The number of halogens is 1. The number of carbonyl (C=O) groups is 2. The maximum absolute atomic E-state index is 11.7. The zero-order chi connectivity index (χ0) is 16.5. The SMILES string of the molecule is CN=C(NCCCCC(=O)OC)N1CC(C)C(C(=O)OC)C1.I. The first-order valence-corrected chi connectivity index (χ1v) is 7.63. The van der Waals surface area contributed by atoms with Crippen molar-refractivity contribution >= 4 is 41.9 Å². The average molecular weight is 441 g/mol. The molecule has 0 saturated carbocycles. The van der Waals surface area contributed by atoms with Crippen molar-refractivity contribution in [2.24, 2.45) is 16.8 Å². The van der Waals surface area contributed by atoms with Crippen molar-refractivity contribution in [2.45, 2.75) is 26.2 Å². The molecule has 2 unspecified atom stereocenters. The van der Waals surface area contributed by atoms with Crippen LogP contribution in [0.1, 0.15) is 26.2 Å². The van der Waals surface area contributed by atoms with E-state index >= 15 is 0 Å². The Labute approximate surface area is 155 Å². The first kappa shape index (κ1) is 21.9. The Kier molecular flexibility index (Phi) is 10.9. The first-order valence-electron chi connectivity index (χ1n) is 7.63. The fourth-order valence-corrected chi connectivity index (χ4v) is 2.63. The van der Waals surface area contributed by atoms with Gasteiger partial charge in [0.15, 0.2) is 5.96 Å². The van der Waals surface area contributed by atoms with Gasteiger partial charge in [-0.3, -0.25) is 14.6 Å². The topological polar surface area (TPSA) is 80.2 Å². The van der Waals surface area contributed by atoms with Gasteiger partial charge in [-0.05, 0) is 18.8 Å². The molecule has 0 spiro atoms. The molecule has 8 heteroatoms. The van der Waals surface area contributed by atoms with Gasteiger partial charge < -0.3 is 19.7 Å². The molecule has 1 N–H and O–H groups in total. The molecule has 0 aromatic rings. The lowest BCUT2D eigenvalue weighted by molar-refractivity contribution is -0.146. The number of hydrogen-bond acceptors (Lipinski definition) is 5. The Morgan fingerprint density at radius 2 is 1.91 bits per heavy atom. The third kappa shape index (κ3) is 6.92. The van der Waals surface area contributed by atoms with E-state index in [0.29, 0.717) is 13.0 Å². The zero-order valence-corrected chi connectivity index (χ0v) is 16.7. The monoisotopic (exact) mass is 441 g/mol. The second kappa shape index (κ2) is 11.5. The largest absolute Gasteiger partial charge is 0.469 e. The summed E-state index contributed by atoms with van der Waals surface area (Å²) in [6.45, 7) is 4.18. The molecule has 23 heavy (non-hydrogen) atoms. The van der Waals surface area contributed by atoms with Crippen LogP contribution in [0.25, 0.3) is 0 Å². The Hall–Kier alpha value is -1.06. The highest BCUT2D eigenvalue weighted by atomic mass is 127. The van der Waals surface area contributed by atoms with E-state index in [1.165, 1.54) is 14.2 Å². The van der Waals surface area contributed by atoms with Crippen LogP contribution in [0.15, 0.2) is 4.99 Å². The van der Waals surface area contributed by atoms with Gasteiger partial charge in [0.05, 0.1) is 20.1 Å². The summed E-state index contributed by atoms with van der Waals surface area (Å²) in [7, 11) is 4.55. The van der Waals surface area contributed by atoms with Crippen molar-refractivity contribution in [1.29, 1.82) is 0 Å². The third-order valence-electron chi connectivity index (χ3n) is 3.95. The number of ether oxygens (including phenoxy) is 2. The van der Waals surface area contributed by atoms with E-state index in [1.54, 1.807) is 7.05 Å². The molecule has 2 atom stereocenters. The van der Waals surface area contributed by atoms with Crippen LogP contribution in [0.4, 0.5) is 0 Å². The molecule has 1 fully saturated rings. The van der Waals surface area contributed by atoms with Crippen molar-refractivity contribution in [3.05, 3.63) is 0 Å². The number of hydrogen-bond donors (Lipinski definition) is 1. The summed E-state index contributed by atoms with van der Waals surface area (Å²) in [6.07, 6.45) is 2.07. The van der Waals surface area contributed by atoms with Gasteiger partial charge in [-0.1, -0.05) is 6.92 Å². The van der Waals surface area contributed by atoms with E-state index in [1.807, 2.05) is 6.92 Å². The Bertz CT molecular complexity index is 418. The number of likely N-dealkylation sites (tertiary alicyclic amines) is 1. The lowest BCUT2D eigenvalue weighted by Crippen LogP contribution is -2.41. The molecule has 0 aliphatic carbocycles. The fourth-order valence-electron chi connectivity index (χ4n) is 2.63. The van der Waals surface area contributed by atoms with E-state index in [0.717, 1.165) is 31.9 Å². The van der Waals surface area contributed by atoms with Crippen LogP contribution in [-0.4, -0.2) is 63.7 Å². The number of unbranched alkanes of at least 4 members (excludes halogenated alkanes) is 1. The van der Waals surface area contributed by atoms with Crippen molar-refractivity contribution in [3.63, 3.8) is 0 Å². The number of nitrogens with zero attached hydrogens (tertiary/aromatic N) is 2. The maximum atomic E-state index is 11.7. The summed E-state index contributed by atoms with van der Waals surface area (Å²) in [4.78, 5) is 29.1. The minimum atomic E-state index is -0.182. The molecule has 0 aromatic carbocycles. The van der Waals surface area contributed by atoms with Gasteiger partial charge in [0, 0.05) is 33.1 Å². The third-order valence-corrected chi connectivity index (χ3v) is 3.95. The van der Waals surface area contributed by atoms with E-state index in [-0.39, 0.29) is 47.8 Å². The van der Waals surface area contributed by atoms with Gasteiger partial charge in [0.1, 0.15) is 0 Å². The number of aliphatic imine (C=N–C) groups is 1. The quantitative estimate of drug-likeness (QED) is 0.220. The summed E-state index contributed by atoms with van der Waals surface area (Å²) in [5.41, 5.74) is 0. The standard InChI is InChI=1S/C15H27N3O4.HI/c1-11-9-18(10-12(11)14(20)22-4)15(16-2)17-8-6-5-7-13(19)21-3;/h11-12H,5-10H2,1-4H3,(H,16,17);1H. The van der Waals surface area contributed by atoms with E-state index in [4.69, 9.17) is 4.74 Å². The molecule has 0 amide bonds. The highest BCUT2D eigenvalue weighted by Gasteiger charge is 2.36. The van der Waals surface area contributed by atoms with Gasteiger partial charge in [-0.25, -0.2) is 0 Å². The highest BCUT2D eigenvalue weighted by molar-refractivity contribution is 14.0. The molecule has 1 aliphatic heterocycles. The van der Waals surface area contributed by atoms with E-state index in [9.17, 15) is 9.59 Å². The molecule has 1 heterocycles. The van der Waals surface area contributed by atoms with Crippen LogP contribution < -0.4 is 5.32 Å². The summed E-state index contributed by atoms with van der Waals surface area (Å²) in [5.74, 6) is 0.576. The maximum Gasteiger partial charge on any atom is 0.310 e. The van der Waals surface area contributed by atoms with E-state index in [2.05, 4.69) is 19.9 Å².